The highest BCUT2D eigenvalue weighted by atomic mass is 32.2. The number of ether oxygens (including phenoxy) is 1. The number of aromatic nitrogens is 3. The number of thioether (sulfide) groups is 1. The van der Waals surface area contributed by atoms with Crippen molar-refractivity contribution in [2.75, 3.05) is 12.9 Å². The third-order valence-electron chi connectivity index (χ3n) is 4.89. The monoisotopic (exact) mass is 431 g/mol. The Hall–Kier alpha value is -3.45. The molecule has 4 rings (SSSR count). The number of nitrogens with zero attached hydrogens (tertiary/aromatic N) is 3. The Labute approximate surface area is 183 Å². The molecular weight excluding hydrogens is 410 g/mol. The topological polar surface area (TPSA) is 74.1 Å². The maximum Gasteiger partial charge on any atom is 0.262 e. The summed E-state index contributed by atoms with van der Waals surface area (Å²) in [5.74, 6) is 0.843. The van der Waals surface area contributed by atoms with Gasteiger partial charge in [0.25, 0.3) is 5.56 Å². The van der Waals surface area contributed by atoms with E-state index in [1.807, 2.05) is 36.4 Å². The van der Waals surface area contributed by atoms with Crippen LogP contribution in [-0.2, 0) is 13.0 Å². The second-order valence-corrected chi connectivity index (χ2v) is 7.82. The van der Waals surface area contributed by atoms with Crippen LogP contribution in [0.25, 0.3) is 10.9 Å². The minimum atomic E-state index is -0.110. The molecule has 0 aliphatic rings. The molecule has 31 heavy (non-hydrogen) atoms. The molecule has 156 valence electrons. The van der Waals surface area contributed by atoms with Gasteiger partial charge in [0.15, 0.2) is 10.9 Å². The van der Waals surface area contributed by atoms with Crippen LogP contribution in [-0.4, -0.2) is 33.2 Å². The largest absolute Gasteiger partial charge is 0.497 e. The fourth-order valence-corrected chi connectivity index (χ4v) is 4.14. The molecule has 0 aliphatic heterocycles. The van der Waals surface area contributed by atoms with Gasteiger partial charge in [0.05, 0.1) is 23.8 Å². The molecule has 0 amide bonds. The van der Waals surface area contributed by atoms with E-state index in [9.17, 15) is 9.59 Å². The van der Waals surface area contributed by atoms with Crippen LogP contribution in [0.3, 0.4) is 0 Å². The molecule has 0 atom stereocenters. The van der Waals surface area contributed by atoms with Gasteiger partial charge in [-0.05, 0) is 48.5 Å². The molecule has 6 nitrogen and oxygen atoms in total. The molecule has 0 radical (unpaired) electrons. The molecular formula is C24H21N3O3S. The third-order valence-corrected chi connectivity index (χ3v) is 5.87. The van der Waals surface area contributed by atoms with E-state index in [1.54, 1.807) is 48.2 Å². The third kappa shape index (κ3) is 4.83. The first-order valence-corrected chi connectivity index (χ1v) is 10.8. The zero-order chi connectivity index (χ0) is 21.6. The number of fused-ring (bicyclic) bond motifs is 1. The van der Waals surface area contributed by atoms with Crippen LogP contribution in [0.2, 0.25) is 0 Å². The summed E-state index contributed by atoms with van der Waals surface area (Å²) in [6, 6.07) is 20.0. The van der Waals surface area contributed by atoms with Gasteiger partial charge in [0, 0.05) is 30.4 Å². The van der Waals surface area contributed by atoms with Crippen LogP contribution in [0.4, 0.5) is 0 Å². The average molecular weight is 432 g/mol. The van der Waals surface area contributed by atoms with Crippen molar-refractivity contribution in [1.29, 1.82) is 0 Å². The number of Topliss-reactive ketones (excluding diaryl/α,β-unsaturated/α-hetero) is 1. The number of carbonyl (C=O) groups excluding carboxylic acids is 1. The van der Waals surface area contributed by atoms with Gasteiger partial charge in [-0.25, -0.2) is 4.98 Å². The molecule has 0 bridgehead atoms. The lowest BCUT2D eigenvalue weighted by Crippen LogP contribution is -2.25. The quantitative estimate of drug-likeness (QED) is 0.238. The number of aryl methyl sites for hydroxylation is 1. The number of hydrogen-bond donors (Lipinski definition) is 0. The number of para-hydroxylation sites is 1. The van der Waals surface area contributed by atoms with Gasteiger partial charge >= 0.3 is 0 Å². The van der Waals surface area contributed by atoms with E-state index in [1.165, 1.54) is 11.8 Å². The van der Waals surface area contributed by atoms with Crippen molar-refractivity contribution in [2.24, 2.45) is 0 Å². The van der Waals surface area contributed by atoms with Crippen molar-refractivity contribution in [2.45, 2.75) is 18.1 Å². The van der Waals surface area contributed by atoms with E-state index in [2.05, 4.69) is 9.97 Å². The summed E-state index contributed by atoms with van der Waals surface area (Å²) >= 11 is 1.27. The number of hydrogen-bond acceptors (Lipinski definition) is 6. The number of rotatable bonds is 8. The van der Waals surface area contributed by atoms with Crippen LogP contribution >= 0.6 is 11.8 Å². The van der Waals surface area contributed by atoms with Crippen molar-refractivity contribution >= 4 is 28.4 Å². The first-order valence-electron chi connectivity index (χ1n) is 9.85. The fraction of sp³-hybridized carbons (Fsp3) is 0.167. The van der Waals surface area contributed by atoms with E-state index < -0.39 is 0 Å². The molecule has 0 N–H and O–H groups in total. The summed E-state index contributed by atoms with van der Waals surface area (Å²) in [4.78, 5) is 34.8. The first-order chi connectivity index (χ1) is 15.2. The predicted octanol–water partition coefficient (Wildman–Crippen LogP) is 4.02. The smallest absolute Gasteiger partial charge is 0.262 e. The average Bonchev–Trinajstić information content (AvgIpc) is 2.83. The van der Waals surface area contributed by atoms with Gasteiger partial charge in [0.1, 0.15) is 5.75 Å². The lowest BCUT2D eigenvalue weighted by molar-refractivity contribution is 0.102. The predicted molar refractivity (Wildman–Crippen MR) is 122 cm³/mol. The second-order valence-electron chi connectivity index (χ2n) is 6.88. The van der Waals surface area contributed by atoms with E-state index in [-0.39, 0.29) is 17.1 Å². The van der Waals surface area contributed by atoms with Crippen molar-refractivity contribution in [1.82, 2.24) is 14.5 Å². The molecule has 0 spiro atoms. The SMILES string of the molecule is COc1ccc(C(=O)CSc2nc3ccccc3c(=O)n2CCc2ccccn2)cc1. The lowest BCUT2D eigenvalue weighted by atomic mass is 10.1. The van der Waals surface area contributed by atoms with E-state index in [0.29, 0.717) is 40.3 Å². The van der Waals surface area contributed by atoms with Gasteiger partial charge in [-0.15, -0.1) is 0 Å². The summed E-state index contributed by atoms with van der Waals surface area (Å²) in [7, 11) is 1.59. The van der Waals surface area contributed by atoms with Crippen molar-refractivity contribution in [3.05, 3.63) is 94.5 Å². The van der Waals surface area contributed by atoms with Crippen molar-refractivity contribution in [3.63, 3.8) is 0 Å². The fourth-order valence-electron chi connectivity index (χ4n) is 3.22. The Morgan fingerprint density at radius 2 is 1.81 bits per heavy atom. The molecule has 0 fully saturated rings. The Morgan fingerprint density at radius 3 is 2.55 bits per heavy atom. The van der Waals surface area contributed by atoms with Gasteiger partial charge in [0.2, 0.25) is 0 Å². The molecule has 0 aliphatic carbocycles. The zero-order valence-electron chi connectivity index (χ0n) is 17.0. The Morgan fingerprint density at radius 1 is 1.03 bits per heavy atom. The van der Waals surface area contributed by atoms with Crippen LogP contribution in [0.5, 0.6) is 5.75 Å². The molecule has 0 saturated heterocycles. The lowest BCUT2D eigenvalue weighted by Gasteiger charge is -2.13. The summed E-state index contributed by atoms with van der Waals surface area (Å²) in [6.45, 7) is 0.437. The summed E-state index contributed by atoms with van der Waals surface area (Å²) in [6.07, 6.45) is 2.33. The second kappa shape index (κ2) is 9.57. The highest BCUT2D eigenvalue weighted by molar-refractivity contribution is 7.99. The molecule has 2 heterocycles. The highest BCUT2D eigenvalue weighted by Crippen LogP contribution is 2.20. The van der Waals surface area contributed by atoms with E-state index in [0.717, 1.165) is 5.69 Å². The van der Waals surface area contributed by atoms with Crippen LogP contribution < -0.4 is 10.3 Å². The summed E-state index contributed by atoms with van der Waals surface area (Å²) in [5, 5.41) is 1.09. The molecule has 2 aromatic heterocycles. The number of pyridine rings is 1. The number of benzene rings is 2. The minimum absolute atomic E-state index is 0.0358. The molecule has 0 saturated carbocycles. The standard InChI is InChI=1S/C24H21N3O3S/c1-30-19-11-9-17(10-12-19)22(28)16-31-24-26-21-8-3-2-7-20(21)23(29)27(24)15-13-18-6-4-5-14-25-18/h2-12,14H,13,15-16H2,1H3. The summed E-state index contributed by atoms with van der Waals surface area (Å²) in [5.41, 5.74) is 2.01. The van der Waals surface area contributed by atoms with Crippen LogP contribution in [0, 0.1) is 0 Å². The van der Waals surface area contributed by atoms with Gasteiger partial charge in [-0.1, -0.05) is 30.0 Å². The highest BCUT2D eigenvalue weighted by Gasteiger charge is 2.14. The van der Waals surface area contributed by atoms with E-state index >= 15 is 0 Å². The number of methoxy groups -OCH3 is 1. The van der Waals surface area contributed by atoms with Gasteiger partial charge < -0.3 is 4.74 Å². The maximum atomic E-state index is 13.1. The summed E-state index contributed by atoms with van der Waals surface area (Å²) < 4.78 is 6.78. The Balaban J connectivity index is 1.60. The Bertz CT molecular complexity index is 1250. The van der Waals surface area contributed by atoms with Crippen molar-refractivity contribution < 1.29 is 9.53 Å². The maximum absolute atomic E-state index is 13.1. The van der Waals surface area contributed by atoms with E-state index in [4.69, 9.17) is 4.74 Å². The number of ketones is 1. The van der Waals surface area contributed by atoms with Gasteiger partial charge in [-0.3, -0.25) is 19.1 Å². The Kier molecular flexibility index (Phi) is 6.43. The van der Waals surface area contributed by atoms with Crippen molar-refractivity contribution in [3.8, 4) is 5.75 Å². The molecule has 2 aromatic carbocycles. The van der Waals surface area contributed by atoms with Crippen LogP contribution in [0.15, 0.2) is 82.9 Å². The molecule has 4 aromatic rings. The van der Waals surface area contributed by atoms with Gasteiger partial charge in [-0.2, -0.15) is 0 Å². The molecule has 0 unspecified atom stereocenters. The zero-order valence-corrected chi connectivity index (χ0v) is 17.8. The van der Waals surface area contributed by atoms with Crippen LogP contribution in [0.1, 0.15) is 16.1 Å². The minimum Gasteiger partial charge on any atom is -0.497 e. The normalized spacial score (nSPS) is 10.9. The first kappa shape index (κ1) is 20.8. The number of carbonyl (C=O) groups is 1. The molecule has 7 heteroatoms.